The number of carbonyl (C=O) groups excluding carboxylic acids is 4. The van der Waals surface area contributed by atoms with Crippen LogP contribution in [-0.2, 0) is 38.1 Å². The van der Waals surface area contributed by atoms with E-state index in [0.29, 0.717) is 87.0 Å². The summed E-state index contributed by atoms with van der Waals surface area (Å²) >= 11 is 6.28. The van der Waals surface area contributed by atoms with Gasteiger partial charge in [-0.2, -0.15) is 23.5 Å². The number of hydrogen-bond donors (Lipinski definition) is 0. The van der Waals surface area contributed by atoms with Crippen LogP contribution >= 0.6 is 47.0 Å². The molecule has 0 radical (unpaired) electrons. The van der Waals surface area contributed by atoms with Crippen molar-refractivity contribution in [3.63, 3.8) is 0 Å². The van der Waals surface area contributed by atoms with Gasteiger partial charge >= 0.3 is 0 Å². The van der Waals surface area contributed by atoms with Crippen molar-refractivity contribution in [1.29, 1.82) is 0 Å². The van der Waals surface area contributed by atoms with E-state index in [1.54, 1.807) is 23.5 Å². The summed E-state index contributed by atoms with van der Waals surface area (Å²) in [6, 6.07) is 0. The molecule has 258 valence electrons. The molecule has 0 saturated heterocycles. The highest BCUT2D eigenvalue weighted by Gasteiger charge is 2.43. The Bertz CT molecular complexity index is 785. The Morgan fingerprint density at radius 2 is 0.955 bits per heavy atom. The predicted molar refractivity (Wildman–Crippen MR) is 190 cm³/mol. The summed E-state index contributed by atoms with van der Waals surface area (Å²) in [6.07, 6.45) is 5.76. The molecule has 0 aromatic rings. The van der Waals surface area contributed by atoms with Gasteiger partial charge in [-0.25, -0.2) is 0 Å². The number of carbonyl (C=O) groups is 4. The fourth-order valence-corrected chi connectivity index (χ4v) is 7.27. The number of rotatable bonds is 31. The van der Waals surface area contributed by atoms with Gasteiger partial charge in [-0.05, 0) is 60.8 Å². The minimum Gasteiger partial charge on any atom is -0.380 e. The summed E-state index contributed by atoms with van der Waals surface area (Å²) in [5.74, 6) is 3.20. The van der Waals surface area contributed by atoms with Gasteiger partial charge in [0.25, 0.3) is 0 Å². The minimum atomic E-state index is -0.534. The van der Waals surface area contributed by atoms with Crippen LogP contribution in [0.4, 0.5) is 0 Å². The Labute approximate surface area is 284 Å². The molecule has 44 heavy (non-hydrogen) atoms. The van der Waals surface area contributed by atoms with Gasteiger partial charge in [0.15, 0.2) is 0 Å². The fraction of sp³-hybridized carbons (Fsp3) is 0.875. The normalized spacial score (nSPS) is 13.2. The summed E-state index contributed by atoms with van der Waals surface area (Å²) in [7, 11) is 0. The van der Waals surface area contributed by atoms with Crippen molar-refractivity contribution in [2.45, 2.75) is 95.3 Å². The van der Waals surface area contributed by atoms with Crippen LogP contribution in [0.2, 0.25) is 0 Å². The lowest BCUT2D eigenvalue weighted by Gasteiger charge is -2.44. The van der Waals surface area contributed by atoms with E-state index in [2.05, 4.69) is 55.4 Å². The van der Waals surface area contributed by atoms with E-state index in [1.165, 1.54) is 23.5 Å². The lowest BCUT2D eigenvalue weighted by atomic mass is 9.72. The molecule has 0 aromatic heterocycles. The van der Waals surface area contributed by atoms with Gasteiger partial charge in [-0.15, -0.1) is 23.5 Å². The largest absolute Gasteiger partial charge is 0.380 e. The molecule has 0 aliphatic rings. The highest BCUT2D eigenvalue weighted by Crippen LogP contribution is 2.41. The van der Waals surface area contributed by atoms with Crippen molar-refractivity contribution in [3.05, 3.63) is 0 Å². The first-order valence-corrected chi connectivity index (χ1v) is 19.5. The van der Waals surface area contributed by atoms with E-state index in [0.717, 1.165) is 31.6 Å². The van der Waals surface area contributed by atoms with Crippen molar-refractivity contribution < 1.29 is 38.1 Å². The second-order valence-electron chi connectivity index (χ2n) is 13.3. The highest BCUT2D eigenvalue weighted by atomic mass is 32.2. The van der Waals surface area contributed by atoms with Crippen LogP contribution in [-0.4, -0.2) is 120 Å². The summed E-state index contributed by atoms with van der Waals surface area (Å²) in [6.45, 7) is 19.7. The van der Waals surface area contributed by atoms with Crippen LogP contribution in [0.25, 0.3) is 0 Å². The maximum atomic E-state index is 11.0. The average molecular weight is 699 g/mol. The van der Waals surface area contributed by atoms with E-state index in [1.807, 2.05) is 0 Å². The molecule has 0 saturated carbocycles. The van der Waals surface area contributed by atoms with Crippen molar-refractivity contribution >= 4 is 72.2 Å². The monoisotopic (exact) mass is 698 g/mol. The number of hydrogen-bond acceptors (Lipinski definition) is 12. The van der Waals surface area contributed by atoms with E-state index in [-0.39, 0.29) is 9.49 Å². The van der Waals surface area contributed by atoms with Crippen LogP contribution < -0.4 is 0 Å². The van der Waals surface area contributed by atoms with Gasteiger partial charge in [-0.3, -0.25) is 0 Å². The molecular formula is C32H58O8S4. The smallest absolute Gasteiger partial charge is 0.129 e. The molecule has 0 fully saturated rings. The van der Waals surface area contributed by atoms with Crippen LogP contribution in [0.3, 0.4) is 0 Å². The zero-order valence-electron chi connectivity index (χ0n) is 28.3. The lowest BCUT2D eigenvalue weighted by molar-refractivity contribution is -0.131. The van der Waals surface area contributed by atoms with Crippen molar-refractivity contribution in [2.24, 2.45) is 5.41 Å². The molecular weight excluding hydrogens is 641 g/mol. The van der Waals surface area contributed by atoms with Crippen LogP contribution in [0.5, 0.6) is 0 Å². The third-order valence-corrected chi connectivity index (χ3v) is 10.8. The van der Waals surface area contributed by atoms with Crippen molar-refractivity contribution in [2.75, 3.05) is 74.2 Å². The second-order valence-corrected chi connectivity index (χ2v) is 19.1. The van der Waals surface area contributed by atoms with Crippen molar-refractivity contribution in [3.8, 4) is 0 Å². The van der Waals surface area contributed by atoms with E-state index < -0.39 is 16.6 Å². The Balaban J connectivity index is 5.95. The third kappa shape index (κ3) is 23.3. The number of ether oxygens (including phenoxy) is 4. The zero-order valence-corrected chi connectivity index (χ0v) is 31.6. The van der Waals surface area contributed by atoms with Crippen LogP contribution in [0.1, 0.15) is 74.7 Å². The molecule has 12 heteroatoms. The summed E-state index contributed by atoms with van der Waals surface area (Å²) in [4.78, 5) is 43.4. The molecule has 0 N–H and O–H groups in total. The Hall–Kier alpha value is -0.0800. The standard InChI is InChI=1S/C32H58O8S4/c1-28(2,39-14-9-30(5,6)43-19-12-35)23-32(26-37-15-21-41-17-10-33,27-38-16-22-42-18-11-34)24-29(3,4)40-25-31(7,8)44-20-13-36/h10-13H,9,14-27H2,1-8H3. The molecule has 0 unspecified atom stereocenters. The molecule has 0 aromatic carbocycles. The first-order valence-electron chi connectivity index (χ1n) is 15.2. The molecule has 0 amide bonds. The van der Waals surface area contributed by atoms with Crippen LogP contribution in [0, 0.1) is 5.41 Å². The molecule has 0 rings (SSSR count). The highest BCUT2D eigenvalue weighted by molar-refractivity contribution is 8.01. The van der Waals surface area contributed by atoms with Gasteiger partial charge in [0.1, 0.15) is 25.1 Å². The van der Waals surface area contributed by atoms with E-state index >= 15 is 0 Å². The molecule has 0 atom stereocenters. The van der Waals surface area contributed by atoms with Gasteiger partial charge in [0, 0.05) is 56.0 Å². The first kappa shape index (κ1) is 43.9. The fourth-order valence-electron chi connectivity index (χ4n) is 4.87. The maximum Gasteiger partial charge on any atom is 0.129 e. The van der Waals surface area contributed by atoms with Gasteiger partial charge in [-0.1, -0.05) is 13.8 Å². The Morgan fingerprint density at radius 1 is 0.523 bits per heavy atom. The lowest BCUT2D eigenvalue weighted by Crippen LogP contribution is -2.47. The molecule has 0 aliphatic carbocycles. The SMILES string of the molecule is CC(C)(CC(COCCSCC=O)(COCCSCC=O)CC(C)(C)OCC(C)(C)SCC=O)OCCC(C)(C)SCC=O. The quantitative estimate of drug-likeness (QED) is 0.0622. The van der Waals surface area contributed by atoms with E-state index in [9.17, 15) is 19.2 Å². The Morgan fingerprint density at radius 3 is 1.41 bits per heavy atom. The molecule has 0 aliphatic heterocycles. The number of aldehydes is 4. The van der Waals surface area contributed by atoms with Crippen molar-refractivity contribution in [1.82, 2.24) is 0 Å². The Kier molecular flexibility index (Phi) is 23.2. The third-order valence-electron chi connectivity index (χ3n) is 6.63. The molecule has 0 bridgehead atoms. The number of thioether (sulfide) groups is 4. The molecule has 8 nitrogen and oxygen atoms in total. The summed E-state index contributed by atoms with van der Waals surface area (Å²) in [5.41, 5.74) is -1.50. The van der Waals surface area contributed by atoms with Gasteiger partial charge in [0.2, 0.25) is 0 Å². The van der Waals surface area contributed by atoms with Gasteiger partial charge < -0.3 is 38.1 Å². The predicted octanol–water partition coefficient (Wildman–Crippen LogP) is 6.05. The first-order chi connectivity index (χ1) is 20.6. The maximum absolute atomic E-state index is 11.0. The topological polar surface area (TPSA) is 105 Å². The molecule has 0 spiro atoms. The van der Waals surface area contributed by atoms with E-state index in [4.69, 9.17) is 18.9 Å². The van der Waals surface area contributed by atoms with Gasteiger partial charge in [0.05, 0.1) is 44.2 Å². The minimum absolute atomic E-state index is 0.0802. The zero-order chi connectivity index (χ0) is 33.6. The summed E-state index contributed by atoms with van der Waals surface area (Å²) < 4.78 is 25.3. The second kappa shape index (κ2) is 23.3. The average Bonchev–Trinajstić information content (AvgIpc) is 2.93. The molecule has 0 heterocycles. The van der Waals surface area contributed by atoms with Crippen LogP contribution in [0.15, 0.2) is 0 Å². The summed E-state index contributed by atoms with van der Waals surface area (Å²) in [5, 5.41) is 0.